The second-order valence-corrected chi connectivity index (χ2v) is 6.45. The summed E-state index contributed by atoms with van der Waals surface area (Å²) in [6.45, 7) is 2.13. The summed E-state index contributed by atoms with van der Waals surface area (Å²) >= 11 is 6.15. The van der Waals surface area contributed by atoms with Crippen LogP contribution < -0.4 is 20.1 Å². The number of carbonyl (C=O) groups is 1. The van der Waals surface area contributed by atoms with Gasteiger partial charge in [-0.2, -0.15) is 0 Å². The Morgan fingerprint density at radius 2 is 1.85 bits per heavy atom. The molecule has 0 aliphatic carbocycles. The SMILES string of the molecule is Cc1ccc(Nc2cc(C(=O)Nc3ccc4c(c3)OCO4)ccn2)cc1Cl. The maximum atomic E-state index is 12.6. The minimum Gasteiger partial charge on any atom is -0.454 e. The van der Waals surface area contributed by atoms with Crippen molar-refractivity contribution < 1.29 is 14.3 Å². The Bertz CT molecular complexity index is 1020. The summed E-state index contributed by atoms with van der Waals surface area (Å²) in [5, 5.41) is 6.66. The number of aromatic nitrogens is 1. The first kappa shape index (κ1) is 17.2. The highest BCUT2D eigenvalue weighted by molar-refractivity contribution is 6.31. The van der Waals surface area contributed by atoms with Crippen molar-refractivity contribution in [2.75, 3.05) is 17.4 Å². The predicted molar refractivity (Wildman–Crippen MR) is 104 cm³/mol. The van der Waals surface area contributed by atoms with Gasteiger partial charge >= 0.3 is 0 Å². The van der Waals surface area contributed by atoms with Crippen molar-refractivity contribution in [2.24, 2.45) is 0 Å². The fourth-order valence-electron chi connectivity index (χ4n) is 2.64. The number of carbonyl (C=O) groups excluding carboxylic acids is 1. The highest BCUT2D eigenvalue weighted by atomic mass is 35.5. The van der Waals surface area contributed by atoms with Gasteiger partial charge in [0.2, 0.25) is 6.79 Å². The van der Waals surface area contributed by atoms with Gasteiger partial charge in [-0.15, -0.1) is 0 Å². The van der Waals surface area contributed by atoms with E-state index < -0.39 is 0 Å². The number of halogens is 1. The Labute approximate surface area is 161 Å². The van der Waals surface area contributed by atoms with Crippen LogP contribution in [0.1, 0.15) is 15.9 Å². The summed E-state index contributed by atoms with van der Waals surface area (Å²) in [6.07, 6.45) is 1.58. The minimum absolute atomic E-state index is 0.190. The van der Waals surface area contributed by atoms with Crippen LogP contribution >= 0.6 is 11.6 Å². The van der Waals surface area contributed by atoms with E-state index in [2.05, 4.69) is 15.6 Å². The standard InChI is InChI=1S/C20H16ClN3O3/c1-12-2-3-14(9-16(12)21)23-19-8-13(6-7-22-19)20(25)24-15-4-5-17-18(10-15)27-11-26-17/h2-10H,11H2,1H3,(H,22,23)(H,24,25). The Balaban J connectivity index is 1.49. The molecular weight excluding hydrogens is 366 g/mol. The van der Waals surface area contributed by atoms with Crippen molar-refractivity contribution in [3.05, 3.63) is 70.9 Å². The average Bonchev–Trinajstić information content (AvgIpc) is 3.13. The van der Waals surface area contributed by atoms with Gasteiger partial charge in [0.05, 0.1) is 0 Å². The average molecular weight is 382 g/mol. The zero-order valence-electron chi connectivity index (χ0n) is 14.5. The Kier molecular flexibility index (Phi) is 4.56. The van der Waals surface area contributed by atoms with Crippen molar-refractivity contribution >= 4 is 34.7 Å². The van der Waals surface area contributed by atoms with Gasteiger partial charge in [0.1, 0.15) is 5.82 Å². The predicted octanol–water partition coefficient (Wildman–Crippen LogP) is 4.77. The topological polar surface area (TPSA) is 72.5 Å². The van der Waals surface area contributed by atoms with E-state index in [1.54, 1.807) is 36.5 Å². The smallest absolute Gasteiger partial charge is 0.255 e. The molecule has 0 radical (unpaired) electrons. The highest BCUT2D eigenvalue weighted by Crippen LogP contribution is 2.34. The first-order valence-corrected chi connectivity index (χ1v) is 8.66. The molecule has 0 fully saturated rings. The van der Waals surface area contributed by atoms with Gasteiger partial charge in [0, 0.05) is 34.2 Å². The quantitative estimate of drug-likeness (QED) is 0.681. The molecule has 27 heavy (non-hydrogen) atoms. The first-order valence-electron chi connectivity index (χ1n) is 8.29. The second kappa shape index (κ2) is 7.17. The number of amides is 1. The van der Waals surface area contributed by atoms with Gasteiger partial charge in [-0.1, -0.05) is 17.7 Å². The van der Waals surface area contributed by atoms with E-state index in [0.717, 1.165) is 11.3 Å². The number of aryl methyl sites for hydroxylation is 1. The van der Waals surface area contributed by atoms with E-state index in [-0.39, 0.29) is 12.7 Å². The molecule has 1 aliphatic heterocycles. The summed E-state index contributed by atoms with van der Waals surface area (Å²) in [5.74, 6) is 1.58. The Morgan fingerprint density at radius 3 is 2.70 bits per heavy atom. The molecule has 2 aromatic carbocycles. The molecule has 3 aromatic rings. The molecule has 0 unspecified atom stereocenters. The molecule has 0 bridgehead atoms. The molecule has 0 spiro atoms. The molecule has 2 heterocycles. The number of hydrogen-bond donors (Lipinski definition) is 2. The molecule has 4 rings (SSSR count). The van der Waals surface area contributed by atoms with Crippen molar-refractivity contribution in [3.8, 4) is 11.5 Å². The zero-order chi connectivity index (χ0) is 18.8. The molecule has 1 amide bonds. The molecule has 1 aliphatic rings. The third kappa shape index (κ3) is 3.80. The number of hydrogen-bond acceptors (Lipinski definition) is 5. The van der Waals surface area contributed by atoms with Gasteiger partial charge in [0.15, 0.2) is 11.5 Å². The van der Waals surface area contributed by atoms with Crippen molar-refractivity contribution in [1.82, 2.24) is 4.98 Å². The number of nitrogens with zero attached hydrogens (tertiary/aromatic N) is 1. The maximum absolute atomic E-state index is 12.6. The number of benzene rings is 2. The molecule has 136 valence electrons. The number of nitrogens with one attached hydrogen (secondary N) is 2. The largest absolute Gasteiger partial charge is 0.454 e. The fourth-order valence-corrected chi connectivity index (χ4v) is 2.82. The van der Waals surface area contributed by atoms with E-state index in [1.807, 2.05) is 25.1 Å². The summed E-state index contributed by atoms with van der Waals surface area (Å²) in [6, 6.07) is 14.2. The normalized spacial score (nSPS) is 11.9. The van der Waals surface area contributed by atoms with Gasteiger partial charge in [0.25, 0.3) is 5.91 Å². The van der Waals surface area contributed by atoms with Crippen LogP contribution in [0.3, 0.4) is 0 Å². The number of fused-ring (bicyclic) bond motifs is 1. The summed E-state index contributed by atoms with van der Waals surface area (Å²) < 4.78 is 10.6. The number of anilines is 3. The zero-order valence-corrected chi connectivity index (χ0v) is 15.2. The molecule has 6 nitrogen and oxygen atoms in total. The first-order chi connectivity index (χ1) is 13.1. The lowest BCUT2D eigenvalue weighted by atomic mass is 10.2. The van der Waals surface area contributed by atoms with Crippen LogP contribution in [0.2, 0.25) is 5.02 Å². The van der Waals surface area contributed by atoms with Crippen molar-refractivity contribution in [1.29, 1.82) is 0 Å². The van der Waals surface area contributed by atoms with E-state index in [4.69, 9.17) is 21.1 Å². The summed E-state index contributed by atoms with van der Waals surface area (Å²) in [4.78, 5) is 16.8. The summed E-state index contributed by atoms with van der Waals surface area (Å²) in [5.41, 5.74) is 2.89. The van der Waals surface area contributed by atoms with E-state index in [0.29, 0.717) is 33.6 Å². The Hall–Kier alpha value is -3.25. The maximum Gasteiger partial charge on any atom is 0.255 e. The van der Waals surface area contributed by atoms with Crippen molar-refractivity contribution in [3.63, 3.8) is 0 Å². The molecule has 7 heteroatoms. The fraction of sp³-hybridized carbons (Fsp3) is 0.100. The molecule has 2 N–H and O–H groups in total. The van der Waals surface area contributed by atoms with E-state index in [9.17, 15) is 4.79 Å². The second-order valence-electron chi connectivity index (χ2n) is 6.04. The van der Waals surface area contributed by atoms with Crippen molar-refractivity contribution in [2.45, 2.75) is 6.92 Å². The van der Waals surface area contributed by atoms with Gasteiger partial charge in [-0.05, 0) is 48.9 Å². The van der Waals surface area contributed by atoms with Crippen LogP contribution in [0, 0.1) is 6.92 Å². The van der Waals surface area contributed by atoms with Gasteiger partial charge < -0.3 is 20.1 Å². The lowest BCUT2D eigenvalue weighted by Gasteiger charge is -2.09. The lowest BCUT2D eigenvalue weighted by Crippen LogP contribution is -2.12. The van der Waals surface area contributed by atoms with Crippen LogP contribution in [0.15, 0.2) is 54.7 Å². The molecule has 0 saturated carbocycles. The van der Waals surface area contributed by atoms with Crippen LogP contribution in [0.25, 0.3) is 0 Å². The minimum atomic E-state index is -0.249. The van der Waals surface area contributed by atoms with Crippen LogP contribution in [0.4, 0.5) is 17.2 Å². The van der Waals surface area contributed by atoms with Crippen LogP contribution in [-0.2, 0) is 0 Å². The number of ether oxygens (including phenoxy) is 2. The number of pyridine rings is 1. The monoisotopic (exact) mass is 381 g/mol. The van der Waals surface area contributed by atoms with E-state index >= 15 is 0 Å². The molecule has 1 aromatic heterocycles. The van der Waals surface area contributed by atoms with Crippen LogP contribution in [0.5, 0.6) is 11.5 Å². The van der Waals surface area contributed by atoms with E-state index in [1.165, 1.54) is 0 Å². The molecular formula is C20H16ClN3O3. The molecule has 0 saturated heterocycles. The Morgan fingerprint density at radius 1 is 1.04 bits per heavy atom. The number of rotatable bonds is 4. The molecule has 0 atom stereocenters. The third-order valence-corrected chi connectivity index (χ3v) is 4.50. The van der Waals surface area contributed by atoms with Gasteiger partial charge in [-0.3, -0.25) is 4.79 Å². The lowest BCUT2D eigenvalue weighted by molar-refractivity contribution is 0.102. The van der Waals surface area contributed by atoms with Crippen LogP contribution in [-0.4, -0.2) is 17.7 Å². The van der Waals surface area contributed by atoms with Gasteiger partial charge in [-0.25, -0.2) is 4.98 Å². The highest BCUT2D eigenvalue weighted by Gasteiger charge is 2.15. The summed E-state index contributed by atoms with van der Waals surface area (Å²) in [7, 11) is 0. The third-order valence-electron chi connectivity index (χ3n) is 4.10.